The van der Waals surface area contributed by atoms with E-state index in [1.54, 1.807) is 30.3 Å². The molecule has 0 radical (unpaired) electrons. The number of H-pyrrole nitrogens is 1. The Morgan fingerprint density at radius 1 is 1.32 bits per heavy atom. The number of nitrogens with zero attached hydrogens (tertiary/aromatic N) is 4. The monoisotopic (exact) mass is 299 g/mol. The molecule has 7 heteroatoms. The molecule has 2 aromatic heterocycles. The summed E-state index contributed by atoms with van der Waals surface area (Å²) in [4.78, 5) is 40.2. The van der Waals surface area contributed by atoms with Gasteiger partial charge in [-0.1, -0.05) is 0 Å². The van der Waals surface area contributed by atoms with Crippen molar-refractivity contribution >= 4 is 5.91 Å². The van der Waals surface area contributed by atoms with Crippen molar-refractivity contribution in [2.45, 2.75) is 25.7 Å². The van der Waals surface area contributed by atoms with Crippen molar-refractivity contribution in [3.63, 3.8) is 0 Å². The minimum atomic E-state index is -0.354. The minimum absolute atomic E-state index is 0.0684. The number of carbonyl (C=O) groups is 1. The van der Waals surface area contributed by atoms with E-state index in [1.165, 1.54) is 6.20 Å². The molecule has 2 aromatic rings. The highest BCUT2D eigenvalue weighted by Gasteiger charge is 2.26. The Labute approximate surface area is 127 Å². The van der Waals surface area contributed by atoms with Crippen molar-refractivity contribution in [1.29, 1.82) is 0 Å². The van der Waals surface area contributed by atoms with Crippen molar-refractivity contribution in [3.8, 4) is 0 Å². The second-order valence-electron chi connectivity index (χ2n) is 5.44. The van der Waals surface area contributed by atoms with Crippen LogP contribution in [0.1, 0.15) is 40.6 Å². The first kappa shape index (κ1) is 14.4. The normalized spacial score (nSPS) is 18.2. The Morgan fingerprint density at radius 3 is 2.82 bits per heavy atom. The molecule has 22 heavy (non-hydrogen) atoms. The SMILES string of the molecule is Cc1ncc(C(=O)N2CCC[C@@H](c3ccnc(=O)[nH]3)C2)cn1. The van der Waals surface area contributed by atoms with Gasteiger partial charge < -0.3 is 9.88 Å². The Bertz CT molecular complexity index is 725. The fourth-order valence-electron chi connectivity index (χ4n) is 2.72. The van der Waals surface area contributed by atoms with Gasteiger partial charge >= 0.3 is 5.69 Å². The highest BCUT2D eigenvalue weighted by atomic mass is 16.2. The molecule has 3 rings (SSSR count). The molecule has 0 unspecified atom stereocenters. The van der Waals surface area contributed by atoms with Crippen LogP contribution in [0.2, 0.25) is 0 Å². The van der Waals surface area contributed by atoms with Gasteiger partial charge in [-0.2, -0.15) is 0 Å². The molecule has 1 fully saturated rings. The maximum absolute atomic E-state index is 12.5. The summed E-state index contributed by atoms with van der Waals surface area (Å²) in [7, 11) is 0. The van der Waals surface area contributed by atoms with Crippen LogP contribution in [0.3, 0.4) is 0 Å². The maximum atomic E-state index is 12.5. The van der Waals surface area contributed by atoms with Crippen LogP contribution in [0.15, 0.2) is 29.5 Å². The van der Waals surface area contributed by atoms with Gasteiger partial charge in [0.1, 0.15) is 5.82 Å². The summed E-state index contributed by atoms with van der Waals surface area (Å²) in [5, 5.41) is 0. The zero-order valence-electron chi connectivity index (χ0n) is 12.3. The predicted octanol–water partition coefficient (Wildman–Crippen LogP) is 0.888. The van der Waals surface area contributed by atoms with Gasteiger partial charge in [0.05, 0.1) is 5.56 Å². The van der Waals surface area contributed by atoms with E-state index >= 15 is 0 Å². The first-order valence-electron chi connectivity index (χ1n) is 7.26. The van der Waals surface area contributed by atoms with Crippen LogP contribution in [0.25, 0.3) is 0 Å². The van der Waals surface area contributed by atoms with Crippen molar-refractivity contribution in [3.05, 3.63) is 52.2 Å². The highest BCUT2D eigenvalue weighted by molar-refractivity contribution is 5.93. The van der Waals surface area contributed by atoms with Crippen molar-refractivity contribution in [2.75, 3.05) is 13.1 Å². The molecule has 0 aliphatic carbocycles. The molecular formula is C15H17N5O2. The van der Waals surface area contributed by atoms with Gasteiger partial charge in [0, 0.05) is 43.3 Å². The first-order valence-corrected chi connectivity index (χ1v) is 7.26. The number of piperidine rings is 1. The lowest BCUT2D eigenvalue weighted by Crippen LogP contribution is -2.39. The van der Waals surface area contributed by atoms with E-state index in [0.29, 0.717) is 24.5 Å². The number of rotatable bonds is 2. The molecule has 0 bridgehead atoms. The number of aryl methyl sites for hydroxylation is 1. The van der Waals surface area contributed by atoms with Crippen LogP contribution in [0.5, 0.6) is 0 Å². The van der Waals surface area contributed by atoms with Crippen LogP contribution >= 0.6 is 0 Å². The van der Waals surface area contributed by atoms with Gasteiger partial charge in [0.15, 0.2) is 0 Å². The summed E-state index contributed by atoms with van der Waals surface area (Å²) >= 11 is 0. The Morgan fingerprint density at radius 2 is 2.09 bits per heavy atom. The summed E-state index contributed by atoms with van der Waals surface area (Å²) in [6.45, 7) is 3.07. The zero-order chi connectivity index (χ0) is 15.5. The molecule has 0 spiro atoms. The molecule has 1 N–H and O–H groups in total. The molecule has 7 nitrogen and oxygen atoms in total. The first-order chi connectivity index (χ1) is 10.6. The maximum Gasteiger partial charge on any atom is 0.345 e. The van der Waals surface area contributed by atoms with Crippen molar-refractivity contribution in [1.82, 2.24) is 24.8 Å². The number of aromatic nitrogens is 4. The van der Waals surface area contributed by atoms with Crippen LogP contribution in [-0.2, 0) is 0 Å². The smallest absolute Gasteiger partial charge is 0.338 e. The number of carbonyl (C=O) groups excluding carboxylic acids is 1. The van der Waals surface area contributed by atoms with Crippen LogP contribution in [0, 0.1) is 6.92 Å². The van der Waals surface area contributed by atoms with Gasteiger partial charge in [-0.15, -0.1) is 0 Å². The molecule has 3 heterocycles. The van der Waals surface area contributed by atoms with Gasteiger partial charge in [-0.3, -0.25) is 4.79 Å². The van der Waals surface area contributed by atoms with Crippen molar-refractivity contribution in [2.24, 2.45) is 0 Å². The van der Waals surface area contributed by atoms with Crippen LogP contribution < -0.4 is 5.69 Å². The second-order valence-corrected chi connectivity index (χ2v) is 5.44. The molecule has 1 saturated heterocycles. The summed E-state index contributed by atoms with van der Waals surface area (Å²) in [5.41, 5.74) is 0.972. The fraction of sp³-hybridized carbons (Fsp3) is 0.400. The molecule has 1 amide bonds. The van der Waals surface area contributed by atoms with Gasteiger partial charge in [0.25, 0.3) is 5.91 Å². The predicted molar refractivity (Wildman–Crippen MR) is 79.5 cm³/mol. The van der Waals surface area contributed by atoms with Gasteiger partial charge in [-0.25, -0.2) is 19.7 Å². The van der Waals surface area contributed by atoms with E-state index in [9.17, 15) is 9.59 Å². The third-order valence-corrected chi connectivity index (χ3v) is 3.87. The number of aromatic amines is 1. The quantitative estimate of drug-likeness (QED) is 0.889. The highest BCUT2D eigenvalue weighted by Crippen LogP contribution is 2.25. The molecule has 1 aliphatic heterocycles. The van der Waals surface area contributed by atoms with E-state index in [2.05, 4.69) is 19.9 Å². The topological polar surface area (TPSA) is 91.8 Å². The summed E-state index contributed by atoms with van der Waals surface area (Å²) in [5.74, 6) is 0.698. The molecule has 0 aromatic carbocycles. The number of likely N-dealkylation sites (tertiary alicyclic amines) is 1. The lowest BCUT2D eigenvalue weighted by Gasteiger charge is -2.32. The molecule has 0 saturated carbocycles. The fourth-order valence-corrected chi connectivity index (χ4v) is 2.72. The number of hydrogen-bond donors (Lipinski definition) is 1. The van der Waals surface area contributed by atoms with E-state index in [0.717, 1.165) is 18.5 Å². The third kappa shape index (κ3) is 3.03. The van der Waals surface area contributed by atoms with E-state index < -0.39 is 0 Å². The van der Waals surface area contributed by atoms with E-state index in [-0.39, 0.29) is 17.5 Å². The molecule has 114 valence electrons. The summed E-state index contributed by atoms with van der Waals surface area (Å²) in [6.07, 6.45) is 6.45. The summed E-state index contributed by atoms with van der Waals surface area (Å²) in [6, 6.07) is 1.80. The Kier molecular flexibility index (Phi) is 3.95. The average Bonchev–Trinajstić information content (AvgIpc) is 2.55. The van der Waals surface area contributed by atoms with E-state index in [1.807, 2.05) is 0 Å². The standard InChI is InChI=1S/C15H17N5O2/c1-10-17-7-12(8-18-10)14(21)20-6-2-3-11(9-20)13-4-5-16-15(22)19-13/h4-5,7-8,11H,2-3,6,9H2,1H3,(H,16,19,22)/t11-/m1/s1. The molecular weight excluding hydrogens is 282 g/mol. The lowest BCUT2D eigenvalue weighted by atomic mass is 9.94. The number of hydrogen-bond acceptors (Lipinski definition) is 5. The zero-order valence-corrected chi connectivity index (χ0v) is 12.3. The number of amides is 1. The summed E-state index contributed by atoms with van der Waals surface area (Å²) < 4.78 is 0. The van der Waals surface area contributed by atoms with Gasteiger partial charge in [-0.05, 0) is 25.8 Å². The van der Waals surface area contributed by atoms with Crippen molar-refractivity contribution < 1.29 is 4.79 Å². The second kappa shape index (κ2) is 6.05. The van der Waals surface area contributed by atoms with Crippen LogP contribution in [0.4, 0.5) is 0 Å². The van der Waals surface area contributed by atoms with E-state index in [4.69, 9.17) is 0 Å². The molecule has 1 atom stereocenters. The average molecular weight is 299 g/mol. The lowest BCUT2D eigenvalue weighted by molar-refractivity contribution is 0.0705. The molecule has 1 aliphatic rings. The largest absolute Gasteiger partial charge is 0.345 e. The number of nitrogens with one attached hydrogen (secondary N) is 1. The Balaban J connectivity index is 1.76. The van der Waals surface area contributed by atoms with Gasteiger partial charge in [0.2, 0.25) is 0 Å². The minimum Gasteiger partial charge on any atom is -0.338 e. The third-order valence-electron chi connectivity index (χ3n) is 3.87. The Hall–Kier alpha value is -2.57. The van der Waals surface area contributed by atoms with Crippen LogP contribution in [-0.4, -0.2) is 43.8 Å².